The zero-order valence-corrected chi connectivity index (χ0v) is 16.1. The average Bonchev–Trinajstić information content (AvgIpc) is 3.02. The van der Waals surface area contributed by atoms with E-state index >= 15 is 0 Å². The number of anilines is 1. The maximum atomic E-state index is 4.65. The van der Waals surface area contributed by atoms with Crippen LogP contribution in [0.4, 0.5) is 5.82 Å². The summed E-state index contributed by atoms with van der Waals surface area (Å²) in [5, 5.41) is 3.51. The van der Waals surface area contributed by atoms with E-state index in [2.05, 4.69) is 63.8 Å². The largest absolute Gasteiger partial charge is 0.365 e. The summed E-state index contributed by atoms with van der Waals surface area (Å²) in [4.78, 5) is 13.8. The Kier molecular flexibility index (Phi) is 4.15. The molecule has 0 aliphatic heterocycles. The number of nitrogens with one attached hydrogen (secondary N) is 1. The molecular weight excluding hydrogens is 334 g/mol. The fourth-order valence-corrected chi connectivity index (χ4v) is 3.13. The van der Waals surface area contributed by atoms with Crippen molar-refractivity contribution in [1.29, 1.82) is 0 Å². The molecule has 0 aliphatic rings. The lowest BCUT2D eigenvalue weighted by molar-refractivity contribution is 0.629. The first-order valence-corrected chi connectivity index (χ1v) is 9.05. The predicted octanol–water partition coefficient (Wildman–Crippen LogP) is 4.98. The summed E-state index contributed by atoms with van der Waals surface area (Å²) < 4.78 is 2.08. The second kappa shape index (κ2) is 6.50. The third-order valence-corrected chi connectivity index (χ3v) is 4.26. The van der Waals surface area contributed by atoms with E-state index in [1.807, 2.05) is 49.6 Å². The van der Waals surface area contributed by atoms with Crippen molar-refractivity contribution in [3.05, 3.63) is 66.7 Å². The standard InChI is InChI=1S/C22H23N5/c1-15-7-5-9-18(25-15)21-17(8-6-12-23-21)16-10-11-19-24-13-20(27(19)14-16)26-22(2,3)4/h5-14,26H,1-4H3. The highest BCUT2D eigenvalue weighted by molar-refractivity contribution is 5.79. The molecule has 0 spiro atoms. The van der Waals surface area contributed by atoms with Gasteiger partial charge < -0.3 is 5.32 Å². The number of aryl methyl sites for hydroxylation is 1. The van der Waals surface area contributed by atoms with Gasteiger partial charge in [-0.1, -0.05) is 12.1 Å². The van der Waals surface area contributed by atoms with E-state index in [0.717, 1.165) is 39.7 Å². The van der Waals surface area contributed by atoms with Gasteiger partial charge in [-0.3, -0.25) is 14.4 Å². The second-order valence-electron chi connectivity index (χ2n) is 7.73. The SMILES string of the molecule is Cc1cccc(-c2ncccc2-c2ccc3ncc(NC(C)(C)C)n3c2)n1. The van der Waals surface area contributed by atoms with E-state index in [1.54, 1.807) is 0 Å². The van der Waals surface area contributed by atoms with Crippen LogP contribution in [0.1, 0.15) is 26.5 Å². The van der Waals surface area contributed by atoms with E-state index in [0.29, 0.717) is 0 Å². The van der Waals surface area contributed by atoms with Crippen molar-refractivity contribution in [1.82, 2.24) is 19.4 Å². The number of pyridine rings is 3. The summed E-state index contributed by atoms with van der Waals surface area (Å²) in [6.45, 7) is 8.41. The van der Waals surface area contributed by atoms with Crippen LogP contribution in [0.3, 0.4) is 0 Å². The zero-order valence-electron chi connectivity index (χ0n) is 16.1. The van der Waals surface area contributed by atoms with E-state index in [4.69, 9.17) is 0 Å². The third kappa shape index (κ3) is 3.53. The van der Waals surface area contributed by atoms with Crippen molar-refractivity contribution in [2.75, 3.05) is 5.32 Å². The number of aromatic nitrogens is 4. The lowest BCUT2D eigenvalue weighted by Gasteiger charge is -2.21. The molecule has 136 valence electrons. The lowest BCUT2D eigenvalue weighted by atomic mass is 10.0. The Morgan fingerprint density at radius 3 is 2.59 bits per heavy atom. The van der Waals surface area contributed by atoms with Gasteiger partial charge in [0.05, 0.1) is 17.6 Å². The van der Waals surface area contributed by atoms with E-state index in [9.17, 15) is 0 Å². The fraction of sp³-hybridized carbons (Fsp3) is 0.227. The van der Waals surface area contributed by atoms with Crippen molar-refractivity contribution in [2.24, 2.45) is 0 Å². The number of fused-ring (bicyclic) bond motifs is 1. The molecule has 1 N–H and O–H groups in total. The van der Waals surface area contributed by atoms with Gasteiger partial charge in [-0.15, -0.1) is 0 Å². The fourth-order valence-electron chi connectivity index (χ4n) is 3.13. The van der Waals surface area contributed by atoms with Crippen LogP contribution in [-0.4, -0.2) is 24.9 Å². The Bertz CT molecular complexity index is 1110. The van der Waals surface area contributed by atoms with Crippen LogP contribution < -0.4 is 5.32 Å². The van der Waals surface area contributed by atoms with Crippen LogP contribution in [0.2, 0.25) is 0 Å². The minimum atomic E-state index is -0.0447. The molecule has 0 amide bonds. The Labute approximate surface area is 159 Å². The van der Waals surface area contributed by atoms with E-state index < -0.39 is 0 Å². The smallest absolute Gasteiger partial charge is 0.138 e. The highest BCUT2D eigenvalue weighted by atomic mass is 15.1. The third-order valence-electron chi connectivity index (χ3n) is 4.26. The van der Waals surface area contributed by atoms with Crippen molar-refractivity contribution >= 4 is 11.5 Å². The van der Waals surface area contributed by atoms with Crippen LogP contribution in [-0.2, 0) is 0 Å². The highest BCUT2D eigenvalue weighted by Gasteiger charge is 2.15. The predicted molar refractivity (Wildman–Crippen MR) is 110 cm³/mol. The Hall–Kier alpha value is -3.21. The van der Waals surface area contributed by atoms with Crippen LogP contribution in [0.25, 0.3) is 28.2 Å². The van der Waals surface area contributed by atoms with Gasteiger partial charge in [-0.2, -0.15) is 0 Å². The Morgan fingerprint density at radius 1 is 0.963 bits per heavy atom. The average molecular weight is 357 g/mol. The molecule has 4 rings (SSSR count). The van der Waals surface area contributed by atoms with Crippen LogP contribution in [0.15, 0.2) is 61.1 Å². The van der Waals surface area contributed by atoms with Crippen LogP contribution in [0, 0.1) is 6.92 Å². The maximum Gasteiger partial charge on any atom is 0.138 e. The van der Waals surface area contributed by atoms with Gasteiger partial charge >= 0.3 is 0 Å². The summed E-state index contributed by atoms with van der Waals surface area (Å²) in [6, 6.07) is 14.2. The molecule has 4 heterocycles. The zero-order chi connectivity index (χ0) is 19.0. The molecule has 5 heteroatoms. The number of hydrogen-bond donors (Lipinski definition) is 1. The molecule has 0 aliphatic carbocycles. The highest BCUT2D eigenvalue weighted by Crippen LogP contribution is 2.30. The van der Waals surface area contributed by atoms with Crippen molar-refractivity contribution in [2.45, 2.75) is 33.2 Å². The molecule has 0 saturated carbocycles. The van der Waals surface area contributed by atoms with Crippen molar-refractivity contribution in [3.63, 3.8) is 0 Å². The van der Waals surface area contributed by atoms with Crippen molar-refractivity contribution < 1.29 is 0 Å². The van der Waals surface area contributed by atoms with Gasteiger partial charge in [0, 0.05) is 34.8 Å². The molecule has 4 aromatic heterocycles. The number of nitrogens with zero attached hydrogens (tertiary/aromatic N) is 4. The van der Waals surface area contributed by atoms with Gasteiger partial charge in [0.2, 0.25) is 0 Å². The molecule has 0 fully saturated rings. The molecule has 27 heavy (non-hydrogen) atoms. The first-order valence-electron chi connectivity index (χ1n) is 9.05. The summed E-state index contributed by atoms with van der Waals surface area (Å²) in [5.74, 6) is 0.971. The molecule has 0 saturated heterocycles. The van der Waals surface area contributed by atoms with Gasteiger partial charge in [-0.05, 0) is 58.0 Å². The van der Waals surface area contributed by atoms with Crippen LogP contribution in [0.5, 0.6) is 0 Å². The maximum absolute atomic E-state index is 4.65. The van der Waals surface area contributed by atoms with E-state index in [-0.39, 0.29) is 5.54 Å². The first-order chi connectivity index (χ1) is 12.9. The summed E-state index contributed by atoms with van der Waals surface area (Å²) in [5.41, 5.74) is 5.72. The number of hydrogen-bond acceptors (Lipinski definition) is 4. The summed E-state index contributed by atoms with van der Waals surface area (Å²) in [7, 11) is 0. The minimum Gasteiger partial charge on any atom is -0.365 e. The van der Waals surface area contributed by atoms with Gasteiger partial charge in [-0.25, -0.2) is 4.98 Å². The molecule has 4 aromatic rings. The van der Waals surface area contributed by atoms with Crippen molar-refractivity contribution in [3.8, 4) is 22.5 Å². The summed E-state index contributed by atoms with van der Waals surface area (Å²) in [6.07, 6.45) is 5.79. The Morgan fingerprint density at radius 2 is 1.81 bits per heavy atom. The normalized spacial score (nSPS) is 11.7. The molecule has 0 bridgehead atoms. The molecule has 0 radical (unpaired) electrons. The minimum absolute atomic E-state index is 0.0447. The molecular formula is C22H23N5. The summed E-state index contributed by atoms with van der Waals surface area (Å²) >= 11 is 0. The lowest BCUT2D eigenvalue weighted by Crippen LogP contribution is -2.26. The van der Waals surface area contributed by atoms with Crippen LogP contribution >= 0.6 is 0 Å². The Balaban J connectivity index is 1.85. The number of rotatable bonds is 3. The van der Waals surface area contributed by atoms with Gasteiger partial charge in [0.1, 0.15) is 11.5 Å². The molecule has 0 atom stereocenters. The van der Waals surface area contributed by atoms with E-state index in [1.165, 1.54) is 0 Å². The van der Waals surface area contributed by atoms with Gasteiger partial charge in [0.25, 0.3) is 0 Å². The number of imidazole rings is 1. The van der Waals surface area contributed by atoms with Gasteiger partial charge in [0.15, 0.2) is 0 Å². The first kappa shape index (κ1) is 17.2. The molecule has 0 aromatic carbocycles. The monoisotopic (exact) mass is 357 g/mol. The quantitative estimate of drug-likeness (QED) is 0.562. The molecule has 5 nitrogen and oxygen atoms in total. The molecule has 0 unspecified atom stereocenters. The second-order valence-corrected chi connectivity index (χ2v) is 7.73. The topological polar surface area (TPSA) is 55.1 Å².